The maximum atomic E-state index is 12.8. The number of rotatable bonds is 6. The Morgan fingerprint density at radius 1 is 1.32 bits per heavy atom. The molecule has 1 heterocycles. The van der Waals surface area contributed by atoms with Crippen LogP contribution >= 0.6 is 12.4 Å². The second-order valence-electron chi connectivity index (χ2n) is 6.53. The van der Waals surface area contributed by atoms with Gasteiger partial charge in [-0.05, 0) is 43.4 Å². The third kappa shape index (κ3) is 4.51. The molecule has 0 radical (unpaired) electrons. The highest BCUT2D eigenvalue weighted by Crippen LogP contribution is 2.26. The van der Waals surface area contributed by atoms with E-state index in [9.17, 15) is 13.2 Å². The number of nitrogens with zero attached hydrogens (tertiary/aromatic N) is 1. The number of aliphatic hydroxyl groups excluding tert-OH is 1. The third-order valence-electron chi connectivity index (χ3n) is 4.60. The second-order valence-corrected chi connectivity index (χ2v) is 8.47. The van der Waals surface area contributed by atoms with Gasteiger partial charge in [0.2, 0.25) is 10.0 Å². The number of sulfonamides is 1. The van der Waals surface area contributed by atoms with E-state index in [1.165, 1.54) is 16.4 Å². The number of carbonyl (C=O) groups excluding carboxylic acids is 1. The van der Waals surface area contributed by atoms with Crippen LogP contribution in [0.4, 0.5) is 0 Å². The van der Waals surface area contributed by atoms with Crippen LogP contribution in [-0.2, 0) is 10.0 Å². The first kappa shape index (κ1) is 20.1. The van der Waals surface area contributed by atoms with Gasteiger partial charge >= 0.3 is 0 Å². The zero-order valence-corrected chi connectivity index (χ0v) is 15.4. The van der Waals surface area contributed by atoms with Gasteiger partial charge < -0.3 is 16.2 Å². The largest absolute Gasteiger partial charge is 0.396 e. The van der Waals surface area contributed by atoms with Crippen LogP contribution in [0, 0.1) is 5.92 Å². The number of amides is 1. The highest BCUT2D eigenvalue weighted by atomic mass is 35.5. The summed E-state index contributed by atoms with van der Waals surface area (Å²) in [6, 6.07) is 6.03. The van der Waals surface area contributed by atoms with E-state index in [0.29, 0.717) is 18.5 Å². The van der Waals surface area contributed by atoms with Gasteiger partial charge in [-0.25, -0.2) is 8.42 Å². The van der Waals surface area contributed by atoms with E-state index in [1.54, 1.807) is 12.1 Å². The van der Waals surface area contributed by atoms with E-state index >= 15 is 0 Å². The molecule has 1 aliphatic heterocycles. The van der Waals surface area contributed by atoms with E-state index in [-0.39, 0.29) is 54.4 Å². The third-order valence-corrected chi connectivity index (χ3v) is 6.43. The second kappa shape index (κ2) is 8.01. The maximum Gasteiger partial charge on any atom is 0.251 e. The van der Waals surface area contributed by atoms with Crippen molar-refractivity contribution >= 4 is 28.3 Å². The Hall–Kier alpha value is -1.19. The zero-order valence-electron chi connectivity index (χ0n) is 13.8. The first-order chi connectivity index (χ1) is 11.4. The Kier molecular flexibility index (Phi) is 6.45. The smallest absolute Gasteiger partial charge is 0.251 e. The van der Waals surface area contributed by atoms with Crippen molar-refractivity contribution in [2.24, 2.45) is 11.7 Å². The van der Waals surface area contributed by atoms with Crippen LogP contribution in [0.3, 0.4) is 0 Å². The van der Waals surface area contributed by atoms with Crippen molar-refractivity contribution in [2.45, 2.75) is 36.2 Å². The van der Waals surface area contributed by atoms with Gasteiger partial charge in [-0.3, -0.25) is 4.79 Å². The van der Waals surface area contributed by atoms with Crippen LogP contribution in [0.5, 0.6) is 0 Å². The number of nitrogens with one attached hydrogen (secondary N) is 1. The molecule has 1 amide bonds. The van der Waals surface area contributed by atoms with Gasteiger partial charge in [0.15, 0.2) is 0 Å². The predicted octanol–water partition coefficient (Wildman–Crippen LogP) is 0.331. The van der Waals surface area contributed by atoms with E-state index in [0.717, 1.165) is 12.8 Å². The molecule has 2 atom stereocenters. The van der Waals surface area contributed by atoms with Crippen LogP contribution in [0.25, 0.3) is 0 Å². The summed E-state index contributed by atoms with van der Waals surface area (Å²) in [5, 5.41) is 11.9. The molecule has 2 fully saturated rings. The summed E-state index contributed by atoms with van der Waals surface area (Å²) < 4.78 is 27.0. The molecule has 0 bridgehead atoms. The number of hydrogen-bond acceptors (Lipinski definition) is 5. The van der Waals surface area contributed by atoms with Crippen molar-refractivity contribution in [2.75, 3.05) is 19.7 Å². The van der Waals surface area contributed by atoms with Crippen molar-refractivity contribution < 1.29 is 18.3 Å². The minimum Gasteiger partial charge on any atom is -0.396 e. The quantitative estimate of drug-likeness (QED) is 0.649. The first-order valence-electron chi connectivity index (χ1n) is 8.19. The molecule has 2 aliphatic rings. The number of nitrogens with two attached hydrogens (primary N) is 1. The average molecular weight is 390 g/mol. The normalized spacial score (nSPS) is 23.9. The van der Waals surface area contributed by atoms with Gasteiger partial charge in [0.1, 0.15) is 0 Å². The highest BCUT2D eigenvalue weighted by molar-refractivity contribution is 7.89. The molecule has 9 heteroatoms. The van der Waals surface area contributed by atoms with E-state index in [4.69, 9.17) is 10.8 Å². The van der Waals surface area contributed by atoms with Crippen molar-refractivity contribution in [3.05, 3.63) is 29.8 Å². The zero-order chi connectivity index (χ0) is 17.3. The molecule has 3 rings (SSSR count). The predicted molar refractivity (Wildman–Crippen MR) is 96.1 cm³/mol. The van der Waals surface area contributed by atoms with Gasteiger partial charge in [-0.15, -0.1) is 12.4 Å². The molecule has 0 unspecified atom stereocenters. The van der Waals surface area contributed by atoms with E-state index in [2.05, 4.69) is 5.32 Å². The van der Waals surface area contributed by atoms with Crippen LogP contribution in [0.15, 0.2) is 29.2 Å². The number of halogens is 1. The molecular formula is C16H24ClN3O4S. The lowest BCUT2D eigenvalue weighted by Crippen LogP contribution is -2.32. The fourth-order valence-corrected chi connectivity index (χ4v) is 4.55. The van der Waals surface area contributed by atoms with Gasteiger partial charge in [0, 0.05) is 37.3 Å². The monoisotopic (exact) mass is 389 g/mol. The fourth-order valence-electron chi connectivity index (χ4n) is 2.97. The molecule has 25 heavy (non-hydrogen) atoms. The Morgan fingerprint density at radius 3 is 2.68 bits per heavy atom. The average Bonchev–Trinajstić information content (AvgIpc) is 3.29. The number of hydrogen-bond donors (Lipinski definition) is 3. The van der Waals surface area contributed by atoms with Gasteiger partial charge in [0.05, 0.1) is 4.90 Å². The molecule has 4 N–H and O–H groups in total. The SMILES string of the molecule is Cl.N[C@H]1CN(S(=O)(=O)c2cccc(C(=O)NC3CC3)c2)C[C@@H]1CCO. The van der Waals surface area contributed by atoms with Gasteiger partial charge in [-0.2, -0.15) is 4.31 Å². The molecule has 140 valence electrons. The molecule has 0 aromatic heterocycles. The molecule has 1 aromatic carbocycles. The molecule has 1 saturated carbocycles. The minimum absolute atomic E-state index is 0. The maximum absolute atomic E-state index is 12.8. The number of aliphatic hydroxyl groups is 1. The summed E-state index contributed by atoms with van der Waals surface area (Å²) in [5.41, 5.74) is 6.33. The summed E-state index contributed by atoms with van der Waals surface area (Å²) in [7, 11) is -3.70. The summed E-state index contributed by atoms with van der Waals surface area (Å²) in [6.45, 7) is 0.511. The Labute approximate surface area is 154 Å². The summed E-state index contributed by atoms with van der Waals surface area (Å²) in [5.74, 6) is -0.294. The van der Waals surface area contributed by atoms with Crippen LogP contribution < -0.4 is 11.1 Å². The molecule has 1 aliphatic carbocycles. The van der Waals surface area contributed by atoms with Crippen molar-refractivity contribution in [1.29, 1.82) is 0 Å². The lowest BCUT2D eigenvalue weighted by atomic mass is 10.0. The van der Waals surface area contributed by atoms with Crippen LogP contribution in [0.2, 0.25) is 0 Å². The fraction of sp³-hybridized carbons (Fsp3) is 0.562. The summed E-state index contributed by atoms with van der Waals surface area (Å²) in [6.07, 6.45) is 2.43. The van der Waals surface area contributed by atoms with Gasteiger partial charge in [0.25, 0.3) is 5.91 Å². The molecular weight excluding hydrogens is 366 g/mol. The van der Waals surface area contributed by atoms with Crippen molar-refractivity contribution in [1.82, 2.24) is 9.62 Å². The molecule has 1 aromatic rings. The van der Waals surface area contributed by atoms with Gasteiger partial charge in [-0.1, -0.05) is 6.07 Å². The standard InChI is InChI=1S/C16H23N3O4S.ClH/c17-15-10-19(9-12(15)6-7-20)24(22,23)14-3-1-2-11(8-14)16(21)18-13-4-5-13;/h1-3,8,12-13,15,20H,4-7,9-10,17H2,(H,18,21);1H/t12-,15-;/m0./s1. The minimum atomic E-state index is -3.70. The first-order valence-corrected chi connectivity index (χ1v) is 9.63. The Morgan fingerprint density at radius 2 is 2.04 bits per heavy atom. The van der Waals surface area contributed by atoms with Crippen LogP contribution in [0.1, 0.15) is 29.6 Å². The van der Waals surface area contributed by atoms with Crippen LogP contribution in [-0.4, -0.2) is 55.5 Å². The lowest BCUT2D eigenvalue weighted by Gasteiger charge is -2.17. The van der Waals surface area contributed by atoms with Crippen molar-refractivity contribution in [3.8, 4) is 0 Å². The summed E-state index contributed by atoms with van der Waals surface area (Å²) in [4.78, 5) is 12.2. The Balaban J connectivity index is 0.00000225. The van der Waals surface area contributed by atoms with Crippen molar-refractivity contribution in [3.63, 3.8) is 0 Å². The highest BCUT2D eigenvalue weighted by Gasteiger charge is 2.37. The summed E-state index contributed by atoms with van der Waals surface area (Å²) >= 11 is 0. The topological polar surface area (TPSA) is 113 Å². The number of carbonyl (C=O) groups is 1. The Bertz CT molecular complexity index is 724. The number of benzene rings is 1. The molecule has 0 spiro atoms. The molecule has 7 nitrogen and oxygen atoms in total. The van der Waals surface area contributed by atoms with E-state index in [1.807, 2.05) is 0 Å². The lowest BCUT2D eigenvalue weighted by molar-refractivity contribution is 0.0951. The molecule has 1 saturated heterocycles. The van der Waals surface area contributed by atoms with E-state index < -0.39 is 10.0 Å².